The van der Waals surface area contributed by atoms with Crippen LogP contribution in [-0.4, -0.2) is 16.8 Å². The molecule has 0 aliphatic heterocycles. The number of halogens is 1. The van der Waals surface area contributed by atoms with Crippen molar-refractivity contribution in [2.24, 2.45) is 0 Å². The first-order valence-electron chi connectivity index (χ1n) is 6.87. The summed E-state index contributed by atoms with van der Waals surface area (Å²) >= 11 is 0. The molecular weight excluding hydrogens is 271 g/mol. The number of aryl methyl sites for hydroxylation is 1. The Hall–Kier alpha value is -1.91. The summed E-state index contributed by atoms with van der Waals surface area (Å²) in [7, 11) is 0. The molecule has 0 heterocycles. The minimum atomic E-state index is -0.816. The Bertz CT molecular complexity index is 606. The predicted molar refractivity (Wildman–Crippen MR) is 79.1 cm³/mol. The summed E-state index contributed by atoms with van der Waals surface area (Å²) in [5.41, 5.74) is 1.89. The molecular formula is C17H19FO3. The largest absolute Gasteiger partial charge is 0.457 e. The average molecular weight is 290 g/mol. The van der Waals surface area contributed by atoms with Crippen LogP contribution in [0.3, 0.4) is 0 Å². The van der Waals surface area contributed by atoms with E-state index in [0.29, 0.717) is 29.0 Å². The highest BCUT2D eigenvalue weighted by atomic mass is 19.1. The summed E-state index contributed by atoms with van der Waals surface area (Å²) in [4.78, 5) is 0. The van der Waals surface area contributed by atoms with E-state index in [9.17, 15) is 9.50 Å². The summed E-state index contributed by atoms with van der Waals surface area (Å²) in [6, 6.07) is 10.2. The Kier molecular flexibility index (Phi) is 4.94. The second-order valence-corrected chi connectivity index (χ2v) is 5.03. The molecule has 21 heavy (non-hydrogen) atoms. The molecule has 0 bridgehead atoms. The van der Waals surface area contributed by atoms with E-state index >= 15 is 0 Å². The highest BCUT2D eigenvalue weighted by Crippen LogP contribution is 2.32. The molecule has 0 saturated heterocycles. The maximum absolute atomic E-state index is 13.6. The van der Waals surface area contributed by atoms with Crippen molar-refractivity contribution in [3.8, 4) is 11.5 Å². The lowest BCUT2D eigenvalue weighted by Gasteiger charge is -2.15. The molecule has 0 unspecified atom stereocenters. The van der Waals surface area contributed by atoms with Crippen LogP contribution in [0, 0.1) is 12.7 Å². The number of aliphatic hydroxyl groups is 2. The smallest absolute Gasteiger partial charge is 0.133 e. The van der Waals surface area contributed by atoms with Gasteiger partial charge in [0.15, 0.2) is 0 Å². The summed E-state index contributed by atoms with van der Waals surface area (Å²) in [6.45, 7) is 3.32. The molecule has 3 nitrogen and oxygen atoms in total. The minimum Gasteiger partial charge on any atom is -0.457 e. The van der Waals surface area contributed by atoms with Gasteiger partial charge in [-0.3, -0.25) is 0 Å². The van der Waals surface area contributed by atoms with Gasteiger partial charge in [-0.05, 0) is 55.7 Å². The van der Waals surface area contributed by atoms with Crippen LogP contribution in [0.15, 0.2) is 36.4 Å². The molecule has 0 amide bonds. The third kappa shape index (κ3) is 3.80. The molecule has 4 heteroatoms. The molecule has 2 rings (SSSR count). The molecule has 2 aromatic rings. The minimum absolute atomic E-state index is 0.101. The zero-order valence-corrected chi connectivity index (χ0v) is 12.1. The Morgan fingerprint density at radius 3 is 2.43 bits per heavy atom. The molecule has 112 valence electrons. The van der Waals surface area contributed by atoms with Gasteiger partial charge < -0.3 is 14.9 Å². The zero-order chi connectivity index (χ0) is 15.4. The predicted octanol–water partition coefficient (Wildman–Crippen LogP) is 3.51. The van der Waals surface area contributed by atoms with Crippen molar-refractivity contribution in [2.45, 2.75) is 26.4 Å². The Labute approximate surface area is 123 Å². The maximum atomic E-state index is 13.6. The molecule has 0 aliphatic carbocycles. The zero-order valence-electron chi connectivity index (χ0n) is 12.1. The van der Waals surface area contributed by atoms with E-state index in [2.05, 4.69) is 0 Å². The highest BCUT2D eigenvalue weighted by Gasteiger charge is 2.13. The van der Waals surface area contributed by atoms with Gasteiger partial charge in [0.2, 0.25) is 0 Å². The van der Waals surface area contributed by atoms with Gasteiger partial charge >= 0.3 is 0 Å². The first-order valence-corrected chi connectivity index (χ1v) is 6.87. The SMILES string of the molecule is Cc1cc(Oc2ccc(CCO)cc2)c([C@@H](C)O)cc1F. The number of benzene rings is 2. The first-order chi connectivity index (χ1) is 10.0. The Morgan fingerprint density at radius 1 is 1.19 bits per heavy atom. The third-order valence-electron chi connectivity index (χ3n) is 3.29. The van der Waals surface area contributed by atoms with E-state index in [4.69, 9.17) is 9.84 Å². The van der Waals surface area contributed by atoms with Gasteiger partial charge in [0, 0.05) is 12.2 Å². The third-order valence-corrected chi connectivity index (χ3v) is 3.29. The van der Waals surface area contributed by atoms with Gasteiger partial charge in [-0.1, -0.05) is 12.1 Å². The van der Waals surface area contributed by atoms with Crippen molar-refractivity contribution < 1.29 is 19.3 Å². The fraction of sp³-hybridized carbons (Fsp3) is 0.294. The van der Waals surface area contributed by atoms with Gasteiger partial charge in [0.25, 0.3) is 0 Å². The van der Waals surface area contributed by atoms with E-state index in [-0.39, 0.29) is 12.4 Å². The van der Waals surface area contributed by atoms with E-state index in [1.54, 1.807) is 32.0 Å². The van der Waals surface area contributed by atoms with Crippen LogP contribution in [0.25, 0.3) is 0 Å². The van der Waals surface area contributed by atoms with Gasteiger partial charge in [-0.25, -0.2) is 4.39 Å². The van der Waals surface area contributed by atoms with Crippen LogP contribution >= 0.6 is 0 Å². The molecule has 0 fully saturated rings. The number of ether oxygens (including phenoxy) is 1. The Morgan fingerprint density at radius 2 is 1.86 bits per heavy atom. The fourth-order valence-electron chi connectivity index (χ4n) is 2.07. The molecule has 0 spiro atoms. The molecule has 0 aliphatic rings. The molecule has 0 aromatic heterocycles. The van der Waals surface area contributed by atoms with Crippen molar-refractivity contribution in [2.75, 3.05) is 6.61 Å². The van der Waals surface area contributed by atoms with Crippen molar-refractivity contribution in [1.82, 2.24) is 0 Å². The summed E-state index contributed by atoms with van der Waals surface area (Å²) in [6.07, 6.45) is -0.224. The van der Waals surface area contributed by atoms with Crippen molar-refractivity contribution in [1.29, 1.82) is 0 Å². The van der Waals surface area contributed by atoms with Crippen LogP contribution < -0.4 is 4.74 Å². The lowest BCUT2D eigenvalue weighted by molar-refractivity contribution is 0.195. The second kappa shape index (κ2) is 6.70. The lowest BCUT2D eigenvalue weighted by Crippen LogP contribution is -1.99. The normalized spacial score (nSPS) is 12.2. The highest BCUT2D eigenvalue weighted by molar-refractivity contribution is 5.42. The van der Waals surface area contributed by atoms with E-state index < -0.39 is 6.10 Å². The molecule has 2 aromatic carbocycles. The van der Waals surface area contributed by atoms with Crippen molar-refractivity contribution in [3.05, 3.63) is 58.9 Å². The summed E-state index contributed by atoms with van der Waals surface area (Å²) in [5, 5.41) is 18.6. The quantitative estimate of drug-likeness (QED) is 0.886. The number of aliphatic hydroxyl groups excluding tert-OH is 2. The fourth-order valence-corrected chi connectivity index (χ4v) is 2.07. The topological polar surface area (TPSA) is 49.7 Å². The molecule has 0 saturated carbocycles. The molecule has 0 radical (unpaired) electrons. The van der Waals surface area contributed by atoms with Gasteiger partial charge in [-0.2, -0.15) is 0 Å². The van der Waals surface area contributed by atoms with Gasteiger partial charge in [0.05, 0.1) is 6.10 Å². The second-order valence-electron chi connectivity index (χ2n) is 5.03. The summed E-state index contributed by atoms with van der Waals surface area (Å²) in [5.74, 6) is 0.681. The monoisotopic (exact) mass is 290 g/mol. The van der Waals surface area contributed by atoms with Crippen LogP contribution in [0.2, 0.25) is 0 Å². The number of rotatable bonds is 5. The van der Waals surface area contributed by atoms with E-state index in [1.807, 2.05) is 12.1 Å². The molecule has 2 N–H and O–H groups in total. The van der Waals surface area contributed by atoms with Crippen LogP contribution in [0.5, 0.6) is 11.5 Å². The van der Waals surface area contributed by atoms with Crippen LogP contribution in [-0.2, 0) is 6.42 Å². The van der Waals surface area contributed by atoms with E-state index in [0.717, 1.165) is 5.56 Å². The standard InChI is InChI=1S/C17H19FO3/c1-11-9-17(15(12(2)20)10-16(11)18)21-14-5-3-13(4-6-14)7-8-19/h3-6,9-10,12,19-20H,7-8H2,1-2H3/t12-/m1/s1. The number of hydrogen-bond donors (Lipinski definition) is 2. The van der Waals surface area contributed by atoms with Crippen molar-refractivity contribution >= 4 is 0 Å². The van der Waals surface area contributed by atoms with Gasteiger partial charge in [-0.15, -0.1) is 0 Å². The summed E-state index contributed by atoms with van der Waals surface area (Å²) < 4.78 is 19.4. The first kappa shape index (κ1) is 15.5. The van der Waals surface area contributed by atoms with Gasteiger partial charge in [0.1, 0.15) is 17.3 Å². The van der Waals surface area contributed by atoms with Crippen LogP contribution in [0.4, 0.5) is 4.39 Å². The van der Waals surface area contributed by atoms with E-state index in [1.165, 1.54) is 6.07 Å². The Balaban J connectivity index is 2.28. The average Bonchev–Trinajstić information content (AvgIpc) is 2.44. The number of hydrogen-bond acceptors (Lipinski definition) is 3. The maximum Gasteiger partial charge on any atom is 0.133 e. The lowest BCUT2D eigenvalue weighted by atomic mass is 10.1. The van der Waals surface area contributed by atoms with Crippen LogP contribution in [0.1, 0.15) is 29.7 Å². The van der Waals surface area contributed by atoms with Crippen molar-refractivity contribution in [3.63, 3.8) is 0 Å². The molecule has 1 atom stereocenters.